The fourth-order valence-corrected chi connectivity index (χ4v) is 2.78. The molecule has 3 rings (SSSR count). The van der Waals surface area contributed by atoms with Crippen molar-refractivity contribution in [2.75, 3.05) is 13.1 Å². The summed E-state index contributed by atoms with van der Waals surface area (Å²) in [5.74, 6) is 1.79. The molecule has 0 spiro atoms. The molecule has 0 unspecified atom stereocenters. The van der Waals surface area contributed by atoms with Gasteiger partial charge in [-0.1, -0.05) is 49.2 Å². The average Bonchev–Trinajstić information content (AvgIpc) is 3.10. The number of aliphatic imine (C=N–C) groups is 1. The van der Waals surface area contributed by atoms with Crippen LogP contribution in [0.2, 0.25) is 0 Å². The molecular weight excluding hydrogens is 336 g/mol. The van der Waals surface area contributed by atoms with Crippen LogP contribution >= 0.6 is 0 Å². The van der Waals surface area contributed by atoms with E-state index in [0.717, 1.165) is 49.8 Å². The Labute approximate surface area is 160 Å². The summed E-state index contributed by atoms with van der Waals surface area (Å²) in [5, 5.41) is 15.3. The Balaban J connectivity index is 1.58. The maximum absolute atomic E-state index is 4.73. The van der Waals surface area contributed by atoms with Gasteiger partial charge in [-0.25, -0.2) is 4.99 Å². The van der Waals surface area contributed by atoms with E-state index in [1.165, 1.54) is 11.1 Å². The van der Waals surface area contributed by atoms with E-state index in [1.54, 1.807) is 0 Å². The van der Waals surface area contributed by atoms with Gasteiger partial charge in [0.2, 0.25) is 0 Å². The number of benzene rings is 1. The monoisotopic (exact) mass is 364 g/mol. The first-order valence-corrected chi connectivity index (χ1v) is 9.62. The molecule has 2 heterocycles. The Morgan fingerprint density at radius 2 is 1.85 bits per heavy atom. The number of nitrogens with zero attached hydrogens (tertiary/aromatic N) is 4. The van der Waals surface area contributed by atoms with Crippen LogP contribution in [-0.4, -0.2) is 33.6 Å². The number of hydrogen-bond acceptors (Lipinski definition) is 3. The topological polar surface area (TPSA) is 66.6 Å². The predicted molar refractivity (Wildman–Crippen MR) is 110 cm³/mol. The summed E-state index contributed by atoms with van der Waals surface area (Å²) in [7, 11) is 0. The van der Waals surface area contributed by atoms with E-state index in [9.17, 15) is 0 Å². The Morgan fingerprint density at radius 1 is 1.04 bits per heavy atom. The number of guanidine groups is 1. The van der Waals surface area contributed by atoms with Gasteiger partial charge in [-0.05, 0) is 31.0 Å². The number of fused-ring (bicyclic) bond motifs is 1. The molecule has 0 fully saturated rings. The lowest BCUT2D eigenvalue weighted by molar-refractivity contribution is 0.715. The van der Waals surface area contributed by atoms with E-state index in [1.807, 2.05) is 28.8 Å². The van der Waals surface area contributed by atoms with Gasteiger partial charge in [0.15, 0.2) is 11.6 Å². The lowest BCUT2D eigenvalue weighted by atomic mass is 10.1. The van der Waals surface area contributed by atoms with Gasteiger partial charge in [-0.2, -0.15) is 0 Å². The van der Waals surface area contributed by atoms with Crippen molar-refractivity contribution in [3.05, 3.63) is 65.6 Å². The Bertz CT molecular complexity index is 866. The molecule has 0 saturated heterocycles. The lowest BCUT2D eigenvalue weighted by Crippen LogP contribution is -2.39. The number of aromatic nitrogens is 3. The minimum Gasteiger partial charge on any atom is -0.356 e. The van der Waals surface area contributed by atoms with Crippen molar-refractivity contribution in [2.24, 2.45) is 4.99 Å². The zero-order valence-electron chi connectivity index (χ0n) is 16.2. The third-order valence-electron chi connectivity index (χ3n) is 4.39. The van der Waals surface area contributed by atoms with Gasteiger partial charge < -0.3 is 10.6 Å². The second-order valence-corrected chi connectivity index (χ2v) is 6.65. The summed E-state index contributed by atoms with van der Waals surface area (Å²) >= 11 is 0. The largest absolute Gasteiger partial charge is 0.356 e. The molecular formula is C21H28N6. The number of hydrogen-bond donors (Lipinski definition) is 2. The highest BCUT2D eigenvalue weighted by atomic mass is 15.2. The fourth-order valence-electron chi connectivity index (χ4n) is 2.78. The van der Waals surface area contributed by atoms with Crippen molar-refractivity contribution in [1.29, 1.82) is 0 Å². The molecule has 0 atom stereocenters. The third kappa shape index (κ3) is 5.54. The summed E-state index contributed by atoms with van der Waals surface area (Å²) in [4.78, 5) is 4.73. The second-order valence-electron chi connectivity index (χ2n) is 6.65. The average molecular weight is 364 g/mol. The number of aryl methyl sites for hydroxylation is 1. The van der Waals surface area contributed by atoms with Crippen LogP contribution in [0.3, 0.4) is 0 Å². The van der Waals surface area contributed by atoms with E-state index in [-0.39, 0.29) is 0 Å². The van der Waals surface area contributed by atoms with E-state index in [2.05, 4.69) is 58.9 Å². The normalized spacial score (nSPS) is 11.7. The molecule has 0 aliphatic heterocycles. The molecule has 2 N–H and O–H groups in total. The minimum atomic E-state index is 0.662. The first-order chi connectivity index (χ1) is 13.3. The highest BCUT2D eigenvalue weighted by Crippen LogP contribution is 2.05. The number of pyridine rings is 1. The molecule has 0 aliphatic rings. The molecule has 2 aromatic heterocycles. The molecule has 142 valence electrons. The quantitative estimate of drug-likeness (QED) is 0.366. The van der Waals surface area contributed by atoms with Crippen molar-refractivity contribution in [2.45, 2.75) is 39.7 Å². The van der Waals surface area contributed by atoms with Gasteiger partial charge in [0.25, 0.3) is 0 Å². The summed E-state index contributed by atoms with van der Waals surface area (Å²) in [6, 6.07) is 14.4. The second kappa shape index (κ2) is 9.71. The Hall–Kier alpha value is -2.89. The van der Waals surface area contributed by atoms with Crippen LogP contribution in [0.5, 0.6) is 0 Å². The zero-order chi connectivity index (χ0) is 18.9. The van der Waals surface area contributed by atoms with Crippen molar-refractivity contribution >= 4 is 11.6 Å². The van der Waals surface area contributed by atoms with E-state index in [0.29, 0.717) is 6.54 Å². The lowest BCUT2D eigenvalue weighted by Gasteiger charge is -2.12. The Kier molecular flexibility index (Phi) is 6.79. The number of unbranched alkanes of at least 4 members (excludes halogenated alkanes) is 1. The molecule has 1 aromatic carbocycles. The maximum Gasteiger partial charge on any atom is 0.191 e. The first-order valence-electron chi connectivity index (χ1n) is 9.62. The van der Waals surface area contributed by atoms with E-state index >= 15 is 0 Å². The van der Waals surface area contributed by atoms with Crippen molar-refractivity contribution in [3.63, 3.8) is 0 Å². The van der Waals surface area contributed by atoms with Gasteiger partial charge in [0.05, 0.1) is 6.54 Å². The van der Waals surface area contributed by atoms with Crippen LogP contribution in [0.25, 0.3) is 5.65 Å². The molecule has 0 saturated carbocycles. The molecule has 3 aromatic rings. The standard InChI is InChI=1S/C21H28N6/c1-3-4-13-22-21(24-16-18-10-8-17(2)9-11-18)23-14-12-20-26-25-19-7-5-6-15-27(19)20/h5-11,15H,3-4,12-14,16H2,1-2H3,(H2,22,23,24). The van der Waals surface area contributed by atoms with Crippen LogP contribution in [0.1, 0.15) is 36.7 Å². The molecule has 0 aliphatic carbocycles. The van der Waals surface area contributed by atoms with Crippen LogP contribution in [0.15, 0.2) is 53.7 Å². The SMILES string of the molecule is CCCCNC(=NCc1ccc(C)cc1)NCCc1nnc2ccccn12. The van der Waals surface area contributed by atoms with Gasteiger partial charge in [0, 0.05) is 25.7 Å². The predicted octanol–water partition coefficient (Wildman–Crippen LogP) is 3.12. The number of nitrogens with one attached hydrogen (secondary N) is 2. The molecule has 6 nitrogen and oxygen atoms in total. The van der Waals surface area contributed by atoms with Gasteiger partial charge in [-0.15, -0.1) is 10.2 Å². The van der Waals surface area contributed by atoms with Crippen LogP contribution < -0.4 is 10.6 Å². The van der Waals surface area contributed by atoms with Gasteiger partial charge in [-0.3, -0.25) is 4.40 Å². The van der Waals surface area contributed by atoms with Crippen LogP contribution in [-0.2, 0) is 13.0 Å². The molecule has 0 radical (unpaired) electrons. The van der Waals surface area contributed by atoms with E-state index in [4.69, 9.17) is 4.99 Å². The third-order valence-corrected chi connectivity index (χ3v) is 4.39. The zero-order valence-corrected chi connectivity index (χ0v) is 16.2. The van der Waals surface area contributed by atoms with Crippen molar-refractivity contribution in [3.8, 4) is 0 Å². The minimum absolute atomic E-state index is 0.662. The van der Waals surface area contributed by atoms with Gasteiger partial charge >= 0.3 is 0 Å². The summed E-state index contributed by atoms with van der Waals surface area (Å²) in [6.45, 7) is 6.62. The number of rotatable bonds is 8. The van der Waals surface area contributed by atoms with Crippen molar-refractivity contribution < 1.29 is 0 Å². The summed E-state index contributed by atoms with van der Waals surface area (Å²) < 4.78 is 2.02. The smallest absolute Gasteiger partial charge is 0.191 e. The Morgan fingerprint density at radius 3 is 2.67 bits per heavy atom. The fraction of sp³-hybridized carbons (Fsp3) is 0.381. The van der Waals surface area contributed by atoms with Gasteiger partial charge in [0.1, 0.15) is 5.82 Å². The van der Waals surface area contributed by atoms with E-state index < -0.39 is 0 Å². The highest BCUT2D eigenvalue weighted by Gasteiger charge is 2.05. The van der Waals surface area contributed by atoms with Crippen molar-refractivity contribution in [1.82, 2.24) is 25.2 Å². The molecule has 6 heteroatoms. The maximum atomic E-state index is 4.73. The van der Waals surface area contributed by atoms with Crippen LogP contribution in [0, 0.1) is 6.92 Å². The molecule has 27 heavy (non-hydrogen) atoms. The highest BCUT2D eigenvalue weighted by molar-refractivity contribution is 5.79. The van der Waals surface area contributed by atoms with Crippen LogP contribution in [0.4, 0.5) is 0 Å². The summed E-state index contributed by atoms with van der Waals surface area (Å²) in [5.41, 5.74) is 3.35. The molecule has 0 bridgehead atoms. The first kappa shape index (κ1) is 18.9. The summed E-state index contributed by atoms with van der Waals surface area (Å²) in [6.07, 6.45) is 5.06. The molecule has 0 amide bonds.